The number of carbonyl (C=O) groups is 3. The minimum atomic E-state index is -1.08. The van der Waals surface area contributed by atoms with Crippen molar-refractivity contribution in [2.45, 2.75) is 0 Å². The maximum atomic E-state index is 12.4. The number of carbonyl (C=O) groups excluding carboxylic acids is 2. The molecule has 0 aromatic heterocycles. The predicted molar refractivity (Wildman–Crippen MR) is 119 cm³/mol. The number of carboxylic acids is 1. The van der Waals surface area contributed by atoms with Crippen LogP contribution in [0, 0.1) is 0 Å². The van der Waals surface area contributed by atoms with Crippen LogP contribution in [0.3, 0.4) is 0 Å². The number of carboxylic acid groups (broad SMARTS) is 1. The Morgan fingerprint density at radius 1 is 0.848 bits per heavy atom. The number of methoxy groups -OCH3 is 2. The van der Waals surface area contributed by atoms with Crippen LogP contribution in [0.15, 0.2) is 71.8 Å². The summed E-state index contributed by atoms with van der Waals surface area (Å²) in [6.07, 6.45) is 1.39. The van der Waals surface area contributed by atoms with Crippen LogP contribution >= 0.6 is 0 Å². The largest absolute Gasteiger partial charge is 0.497 e. The highest BCUT2D eigenvalue weighted by atomic mass is 16.6. The van der Waals surface area contributed by atoms with Gasteiger partial charge < -0.3 is 19.3 Å². The first kappa shape index (κ1) is 23.0. The van der Waals surface area contributed by atoms with E-state index in [1.165, 1.54) is 44.7 Å². The third-order valence-corrected chi connectivity index (χ3v) is 4.47. The molecule has 0 heterocycles. The van der Waals surface area contributed by atoms with Crippen LogP contribution in [0.1, 0.15) is 36.6 Å². The summed E-state index contributed by atoms with van der Waals surface area (Å²) >= 11 is 0. The molecular weight excluding hydrogens is 428 g/mol. The fraction of sp³-hybridized carbons (Fsp3) is 0.0833. The lowest BCUT2D eigenvalue weighted by atomic mass is 10.1. The topological polar surface area (TPSA) is 124 Å². The Balaban J connectivity index is 1.66. The summed E-state index contributed by atoms with van der Waals surface area (Å²) in [5.41, 5.74) is 3.59. The van der Waals surface area contributed by atoms with E-state index in [4.69, 9.17) is 19.3 Å². The van der Waals surface area contributed by atoms with E-state index in [1.54, 1.807) is 42.5 Å². The molecule has 0 aliphatic carbocycles. The Kier molecular flexibility index (Phi) is 7.38. The lowest BCUT2D eigenvalue weighted by molar-refractivity contribution is 0.0693. The molecule has 0 spiro atoms. The molecule has 3 rings (SSSR count). The first-order valence-corrected chi connectivity index (χ1v) is 9.62. The summed E-state index contributed by atoms with van der Waals surface area (Å²) in [7, 11) is 2.94. The van der Waals surface area contributed by atoms with Crippen LogP contribution in [0.4, 0.5) is 0 Å². The molecule has 0 saturated carbocycles. The molecule has 1 amide bonds. The number of hydrogen-bond acceptors (Lipinski definition) is 7. The van der Waals surface area contributed by atoms with Gasteiger partial charge in [0.25, 0.3) is 5.91 Å². The number of benzene rings is 3. The van der Waals surface area contributed by atoms with E-state index >= 15 is 0 Å². The molecule has 0 atom stereocenters. The average molecular weight is 448 g/mol. The van der Waals surface area contributed by atoms with Crippen LogP contribution < -0.4 is 19.6 Å². The zero-order chi connectivity index (χ0) is 23.8. The molecule has 9 heteroatoms. The quantitative estimate of drug-likeness (QED) is 0.234. The summed E-state index contributed by atoms with van der Waals surface area (Å²) in [6.45, 7) is 0. The van der Waals surface area contributed by atoms with E-state index in [0.717, 1.165) is 0 Å². The molecule has 3 aromatic rings. The lowest BCUT2D eigenvalue weighted by Gasteiger charge is -2.10. The molecule has 33 heavy (non-hydrogen) atoms. The molecular formula is C24H20N2O7. The number of esters is 1. The van der Waals surface area contributed by atoms with Crippen LogP contribution in [-0.2, 0) is 0 Å². The van der Waals surface area contributed by atoms with Crippen molar-refractivity contribution in [2.24, 2.45) is 5.10 Å². The predicted octanol–water partition coefficient (Wildman–Crippen LogP) is 3.39. The van der Waals surface area contributed by atoms with Crippen molar-refractivity contribution >= 4 is 24.1 Å². The van der Waals surface area contributed by atoms with Gasteiger partial charge in [0.2, 0.25) is 0 Å². The van der Waals surface area contributed by atoms with Crippen molar-refractivity contribution < 1.29 is 33.7 Å². The number of amides is 1. The summed E-state index contributed by atoms with van der Waals surface area (Å²) in [4.78, 5) is 35.4. The third kappa shape index (κ3) is 5.95. The molecule has 0 saturated heterocycles. The van der Waals surface area contributed by atoms with E-state index in [0.29, 0.717) is 22.6 Å². The van der Waals surface area contributed by atoms with E-state index in [9.17, 15) is 14.4 Å². The van der Waals surface area contributed by atoms with Crippen LogP contribution in [0.25, 0.3) is 0 Å². The highest BCUT2D eigenvalue weighted by molar-refractivity contribution is 5.96. The third-order valence-electron chi connectivity index (χ3n) is 4.47. The number of hydrazone groups is 1. The smallest absolute Gasteiger partial charge is 0.343 e. The van der Waals surface area contributed by atoms with Crippen molar-refractivity contribution in [1.82, 2.24) is 5.43 Å². The molecule has 0 bridgehead atoms. The van der Waals surface area contributed by atoms with Gasteiger partial charge in [-0.05, 0) is 66.2 Å². The number of aromatic carboxylic acids is 1. The Hall–Kier alpha value is -4.66. The van der Waals surface area contributed by atoms with Gasteiger partial charge in [0.1, 0.15) is 5.75 Å². The first-order valence-electron chi connectivity index (χ1n) is 9.62. The Bertz CT molecular complexity index is 1200. The molecule has 168 valence electrons. The number of hydrogen-bond donors (Lipinski definition) is 2. The Labute approximate surface area is 189 Å². The molecule has 0 aliphatic rings. The number of ether oxygens (including phenoxy) is 3. The molecule has 0 radical (unpaired) electrons. The minimum absolute atomic E-state index is 0.0781. The standard InChI is InChI=1S/C24H20N2O7/c1-31-19-5-3-4-18(13-19)24(30)33-20-11-6-15(12-21(20)32-2)14-25-26-22(27)16-7-9-17(10-8-16)23(28)29/h3-14H,1-2H3,(H,26,27)(H,28,29)/b25-14+. The number of rotatable bonds is 8. The normalized spacial score (nSPS) is 10.5. The van der Waals surface area contributed by atoms with Crippen molar-refractivity contribution in [3.05, 3.63) is 89.0 Å². The van der Waals surface area contributed by atoms with Gasteiger partial charge in [-0.25, -0.2) is 15.0 Å². The average Bonchev–Trinajstić information content (AvgIpc) is 2.84. The van der Waals surface area contributed by atoms with Gasteiger partial charge in [-0.3, -0.25) is 4.79 Å². The zero-order valence-electron chi connectivity index (χ0n) is 17.8. The van der Waals surface area contributed by atoms with E-state index in [1.807, 2.05) is 0 Å². The van der Waals surface area contributed by atoms with Gasteiger partial charge >= 0.3 is 11.9 Å². The van der Waals surface area contributed by atoms with Gasteiger partial charge in [0, 0.05) is 5.56 Å². The van der Waals surface area contributed by atoms with Crippen LogP contribution in [-0.4, -0.2) is 43.4 Å². The van der Waals surface area contributed by atoms with Gasteiger partial charge in [-0.2, -0.15) is 5.10 Å². The summed E-state index contributed by atoms with van der Waals surface area (Å²) in [5, 5.41) is 12.8. The van der Waals surface area contributed by atoms with Crippen LogP contribution in [0.5, 0.6) is 17.2 Å². The van der Waals surface area contributed by atoms with E-state index in [-0.39, 0.29) is 16.9 Å². The zero-order valence-corrected chi connectivity index (χ0v) is 17.8. The minimum Gasteiger partial charge on any atom is -0.497 e. The van der Waals surface area contributed by atoms with Gasteiger partial charge in [0.15, 0.2) is 11.5 Å². The van der Waals surface area contributed by atoms with Crippen molar-refractivity contribution in [3.8, 4) is 17.2 Å². The van der Waals surface area contributed by atoms with Gasteiger partial charge in [-0.1, -0.05) is 6.07 Å². The maximum absolute atomic E-state index is 12.4. The molecule has 0 aliphatic heterocycles. The molecule has 3 aromatic carbocycles. The van der Waals surface area contributed by atoms with E-state index < -0.39 is 17.8 Å². The molecule has 0 fully saturated rings. The monoisotopic (exact) mass is 448 g/mol. The van der Waals surface area contributed by atoms with Crippen molar-refractivity contribution in [2.75, 3.05) is 14.2 Å². The maximum Gasteiger partial charge on any atom is 0.343 e. The fourth-order valence-electron chi connectivity index (χ4n) is 2.75. The Morgan fingerprint density at radius 2 is 1.58 bits per heavy atom. The first-order chi connectivity index (χ1) is 15.9. The fourth-order valence-corrected chi connectivity index (χ4v) is 2.75. The summed E-state index contributed by atoms with van der Waals surface area (Å²) < 4.78 is 15.8. The SMILES string of the molecule is COc1cccc(C(=O)Oc2ccc(/C=N/NC(=O)c3ccc(C(=O)O)cc3)cc2OC)c1. The number of nitrogens with zero attached hydrogens (tertiary/aromatic N) is 1. The summed E-state index contributed by atoms with van der Waals surface area (Å²) in [6, 6.07) is 16.8. The van der Waals surface area contributed by atoms with Crippen molar-refractivity contribution in [3.63, 3.8) is 0 Å². The van der Waals surface area contributed by atoms with Gasteiger partial charge in [-0.15, -0.1) is 0 Å². The van der Waals surface area contributed by atoms with Gasteiger partial charge in [0.05, 0.1) is 31.6 Å². The molecule has 0 unspecified atom stereocenters. The van der Waals surface area contributed by atoms with Crippen LogP contribution in [0.2, 0.25) is 0 Å². The molecule has 9 nitrogen and oxygen atoms in total. The highest BCUT2D eigenvalue weighted by Crippen LogP contribution is 2.28. The second-order valence-corrected chi connectivity index (χ2v) is 6.61. The van der Waals surface area contributed by atoms with E-state index in [2.05, 4.69) is 10.5 Å². The van der Waals surface area contributed by atoms with Crippen molar-refractivity contribution in [1.29, 1.82) is 0 Å². The second kappa shape index (κ2) is 10.6. The second-order valence-electron chi connectivity index (χ2n) is 6.61. The number of nitrogens with one attached hydrogen (secondary N) is 1. The lowest BCUT2D eigenvalue weighted by Crippen LogP contribution is -2.17. The highest BCUT2D eigenvalue weighted by Gasteiger charge is 2.14. The molecule has 2 N–H and O–H groups in total. The summed E-state index contributed by atoms with van der Waals surface area (Å²) in [5.74, 6) is -1.11. The Morgan fingerprint density at radius 3 is 2.24 bits per heavy atom.